The highest BCUT2D eigenvalue weighted by molar-refractivity contribution is 5.53. The molecule has 0 atom stereocenters. The third-order valence-electron chi connectivity index (χ3n) is 3.54. The molecular weight excluding hydrogens is 258 g/mol. The second kappa shape index (κ2) is 4.74. The van der Waals surface area contributed by atoms with Crippen LogP contribution < -0.4 is 0 Å². The zero-order chi connectivity index (χ0) is 14.1. The minimum atomic E-state index is -0.522. The van der Waals surface area contributed by atoms with Crippen LogP contribution in [0.5, 0.6) is 0 Å². The van der Waals surface area contributed by atoms with Gasteiger partial charge in [0.25, 0.3) is 5.69 Å². The number of nitriles is 1. The molecule has 3 rings (SSSR count). The van der Waals surface area contributed by atoms with Crippen molar-refractivity contribution in [1.82, 2.24) is 14.8 Å². The lowest BCUT2D eigenvalue weighted by molar-refractivity contribution is -0.384. The van der Waals surface area contributed by atoms with E-state index in [0.29, 0.717) is 11.6 Å². The first-order valence-electron chi connectivity index (χ1n) is 6.29. The molecule has 1 heterocycles. The van der Waals surface area contributed by atoms with Crippen LogP contribution in [0.3, 0.4) is 0 Å². The Kier molecular flexibility index (Phi) is 2.91. The number of hydrogen-bond acceptors (Lipinski definition) is 5. The van der Waals surface area contributed by atoms with Crippen LogP contribution >= 0.6 is 0 Å². The molecule has 1 aromatic carbocycles. The van der Waals surface area contributed by atoms with Crippen LogP contribution in [0.15, 0.2) is 24.5 Å². The lowest BCUT2D eigenvalue weighted by Crippen LogP contribution is -2.11. The topological polar surface area (TPSA) is 97.6 Å². The van der Waals surface area contributed by atoms with Gasteiger partial charge in [0.05, 0.1) is 16.2 Å². The minimum absolute atomic E-state index is 0.107. The lowest BCUT2D eigenvalue weighted by atomic mass is 9.85. The predicted molar refractivity (Wildman–Crippen MR) is 69.3 cm³/mol. The van der Waals surface area contributed by atoms with E-state index in [1.165, 1.54) is 29.3 Å². The van der Waals surface area contributed by atoms with Gasteiger partial charge in [-0.3, -0.25) is 10.1 Å². The van der Waals surface area contributed by atoms with Crippen molar-refractivity contribution >= 4 is 5.69 Å². The highest BCUT2D eigenvalue weighted by atomic mass is 16.6. The Bertz CT molecular complexity index is 712. The van der Waals surface area contributed by atoms with Crippen LogP contribution in [0.4, 0.5) is 5.69 Å². The number of benzene rings is 1. The average Bonchev–Trinajstić information content (AvgIpc) is 2.85. The van der Waals surface area contributed by atoms with Crippen LogP contribution in [-0.2, 0) is 0 Å². The van der Waals surface area contributed by atoms with Crippen molar-refractivity contribution in [2.24, 2.45) is 0 Å². The summed E-state index contributed by atoms with van der Waals surface area (Å²) in [5.74, 6) is 1.18. The molecule has 7 nitrogen and oxygen atoms in total. The fraction of sp³-hybridized carbons (Fsp3) is 0.308. The number of rotatable bonds is 3. The standard InChI is InChI=1S/C13H11N5O2/c14-7-10-6-11(18(19)20)4-5-12(10)17-8-15-13(16-17)9-2-1-3-9/h4-6,8-9H,1-3H2. The number of nitro groups is 1. The second-order valence-corrected chi connectivity index (χ2v) is 4.75. The lowest BCUT2D eigenvalue weighted by Gasteiger charge is -2.21. The molecule has 0 saturated heterocycles. The minimum Gasteiger partial charge on any atom is -0.258 e. The molecule has 0 radical (unpaired) electrons. The number of nitro benzene ring substituents is 1. The molecule has 0 amide bonds. The van der Waals surface area contributed by atoms with Gasteiger partial charge in [0.15, 0.2) is 5.82 Å². The molecule has 100 valence electrons. The third-order valence-corrected chi connectivity index (χ3v) is 3.54. The van der Waals surface area contributed by atoms with Gasteiger partial charge in [-0.25, -0.2) is 9.67 Å². The summed E-state index contributed by atoms with van der Waals surface area (Å²) in [5.41, 5.74) is 0.616. The highest BCUT2D eigenvalue weighted by Gasteiger charge is 2.23. The Morgan fingerprint density at radius 2 is 2.25 bits per heavy atom. The van der Waals surface area contributed by atoms with Gasteiger partial charge in [0.1, 0.15) is 12.4 Å². The molecular formula is C13H11N5O2. The van der Waals surface area contributed by atoms with Gasteiger partial charge in [-0.05, 0) is 18.9 Å². The van der Waals surface area contributed by atoms with Gasteiger partial charge in [0.2, 0.25) is 0 Å². The summed E-state index contributed by atoms with van der Waals surface area (Å²) in [6, 6.07) is 6.10. The van der Waals surface area contributed by atoms with E-state index in [9.17, 15) is 10.1 Å². The van der Waals surface area contributed by atoms with Gasteiger partial charge in [0, 0.05) is 18.1 Å². The quantitative estimate of drug-likeness (QED) is 0.629. The third kappa shape index (κ3) is 2.01. The van der Waals surface area contributed by atoms with Crippen molar-refractivity contribution in [2.75, 3.05) is 0 Å². The number of aromatic nitrogens is 3. The summed E-state index contributed by atoms with van der Waals surface area (Å²) in [6.45, 7) is 0. The Balaban J connectivity index is 1.99. The molecule has 0 N–H and O–H groups in total. The highest BCUT2D eigenvalue weighted by Crippen LogP contribution is 2.34. The van der Waals surface area contributed by atoms with Crippen molar-refractivity contribution in [1.29, 1.82) is 5.26 Å². The van der Waals surface area contributed by atoms with Crippen LogP contribution in [0.2, 0.25) is 0 Å². The SMILES string of the molecule is N#Cc1cc([N+](=O)[O-])ccc1-n1cnc(C2CCC2)n1. The van der Waals surface area contributed by atoms with Gasteiger partial charge < -0.3 is 0 Å². The molecule has 1 aliphatic carbocycles. The fourth-order valence-electron chi connectivity index (χ4n) is 2.17. The van der Waals surface area contributed by atoms with Crippen molar-refractivity contribution in [3.05, 3.63) is 46.0 Å². The molecule has 1 fully saturated rings. The monoisotopic (exact) mass is 269 g/mol. The van der Waals surface area contributed by atoms with E-state index in [1.807, 2.05) is 6.07 Å². The first kappa shape index (κ1) is 12.3. The van der Waals surface area contributed by atoms with Crippen molar-refractivity contribution in [2.45, 2.75) is 25.2 Å². The summed E-state index contributed by atoms with van der Waals surface area (Å²) in [7, 11) is 0. The maximum Gasteiger partial charge on any atom is 0.270 e. The second-order valence-electron chi connectivity index (χ2n) is 4.75. The van der Waals surface area contributed by atoms with Crippen molar-refractivity contribution in [3.63, 3.8) is 0 Å². The molecule has 0 spiro atoms. The summed E-state index contributed by atoms with van der Waals surface area (Å²) < 4.78 is 1.51. The average molecular weight is 269 g/mol. The summed E-state index contributed by atoms with van der Waals surface area (Å²) in [4.78, 5) is 14.5. The van der Waals surface area contributed by atoms with Crippen molar-refractivity contribution < 1.29 is 4.92 Å². The molecule has 1 aliphatic rings. The van der Waals surface area contributed by atoms with Crippen LogP contribution in [0, 0.1) is 21.4 Å². The maximum atomic E-state index is 10.7. The van der Waals surface area contributed by atoms with Crippen LogP contribution in [0.1, 0.15) is 36.6 Å². The Morgan fingerprint density at radius 1 is 1.45 bits per heavy atom. The van der Waals surface area contributed by atoms with E-state index in [2.05, 4.69) is 10.1 Å². The first-order valence-corrected chi connectivity index (χ1v) is 6.29. The van der Waals surface area contributed by atoms with Gasteiger partial charge in [-0.1, -0.05) is 6.42 Å². The normalized spacial score (nSPS) is 14.6. The number of non-ortho nitro benzene ring substituents is 1. The Morgan fingerprint density at radius 3 is 2.85 bits per heavy atom. The molecule has 1 saturated carbocycles. The van der Waals surface area contributed by atoms with Gasteiger partial charge >= 0.3 is 0 Å². The van der Waals surface area contributed by atoms with Crippen LogP contribution in [-0.4, -0.2) is 19.7 Å². The summed E-state index contributed by atoms with van der Waals surface area (Å²) >= 11 is 0. The van der Waals surface area contributed by atoms with Gasteiger partial charge in [-0.2, -0.15) is 10.4 Å². The van der Waals surface area contributed by atoms with E-state index in [4.69, 9.17) is 5.26 Å². The zero-order valence-electron chi connectivity index (χ0n) is 10.6. The number of hydrogen-bond donors (Lipinski definition) is 0. The van der Waals surface area contributed by atoms with E-state index in [1.54, 1.807) is 6.33 Å². The molecule has 2 aromatic rings. The molecule has 20 heavy (non-hydrogen) atoms. The molecule has 7 heteroatoms. The maximum absolute atomic E-state index is 10.7. The summed E-state index contributed by atoms with van der Waals surface area (Å²) in [6.07, 6.45) is 4.93. The van der Waals surface area contributed by atoms with Crippen molar-refractivity contribution in [3.8, 4) is 11.8 Å². The van der Waals surface area contributed by atoms with E-state index >= 15 is 0 Å². The van der Waals surface area contributed by atoms with E-state index < -0.39 is 4.92 Å². The Hall–Kier alpha value is -2.75. The molecule has 1 aromatic heterocycles. The fourth-order valence-corrected chi connectivity index (χ4v) is 2.17. The van der Waals surface area contributed by atoms with Gasteiger partial charge in [-0.15, -0.1) is 0 Å². The largest absolute Gasteiger partial charge is 0.270 e. The molecule has 0 unspecified atom stereocenters. The molecule has 0 bridgehead atoms. The number of nitrogens with zero attached hydrogens (tertiary/aromatic N) is 5. The smallest absolute Gasteiger partial charge is 0.258 e. The van der Waals surface area contributed by atoms with E-state index in [0.717, 1.165) is 18.7 Å². The molecule has 0 aliphatic heterocycles. The zero-order valence-corrected chi connectivity index (χ0v) is 10.6. The first-order chi connectivity index (χ1) is 9.69. The van der Waals surface area contributed by atoms with Crippen LogP contribution in [0.25, 0.3) is 5.69 Å². The Labute approximate surface area is 114 Å². The predicted octanol–water partition coefficient (Wildman–Crippen LogP) is 2.31. The van der Waals surface area contributed by atoms with E-state index in [-0.39, 0.29) is 11.3 Å². The summed E-state index contributed by atoms with van der Waals surface area (Å²) in [5, 5.41) is 24.2.